The molecule has 0 saturated heterocycles. The Morgan fingerprint density at radius 2 is 1.64 bits per heavy atom. The predicted octanol–water partition coefficient (Wildman–Crippen LogP) is 2.33. The molecule has 0 heterocycles. The second-order valence-electron chi connectivity index (χ2n) is 2.41. The maximum absolute atomic E-state index is 10.3. The third-order valence-electron chi connectivity index (χ3n) is 1.45. The van der Waals surface area contributed by atoms with E-state index >= 15 is 0 Å². The van der Waals surface area contributed by atoms with Crippen LogP contribution < -0.4 is 5.11 Å². The zero-order chi connectivity index (χ0) is 9.52. The van der Waals surface area contributed by atoms with E-state index in [1.807, 2.05) is 30.3 Å². The van der Waals surface area contributed by atoms with E-state index in [1.165, 1.54) is 0 Å². The van der Waals surface area contributed by atoms with Gasteiger partial charge in [-0.05, 0) is 10.8 Å². The van der Waals surface area contributed by atoms with Crippen molar-refractivity contribution in [3.63, 3.8) is 0 Å². The summed E-state index contributed by atoms with van der Waals surface area (Å²) in [4.78, 5) is 0. The third kappa shape index (κ3) is 5.03. The fourth-order valence-electron chi connectivity index (χ4n) is 0.826. The SMILES string of the molecule is [Fe+2].[O-]C(Cl)=C1C=CC=C1.c1cc[cH-]c1. The summed E-state index contributed by atoms with van der Waals surface area (Å²) in [6.45, 7) is 0. The van der Waals surface area contributed by atoms with Crippen LogP contribution in [-0.4, -0.2) is 0 Å². The van der Waals surface area contributed by atoms with Crippen molar-refractivity contribution in [3.05, 3.63) is 65.4 Å². The third-order valence-corrected chi connectivity index (χ3v) is 1.66. The van der Waals surface area contributed by atoms with E-state index in [1.54, 1.807) is 24.3 Å². The van der Waals surface area contributed by atoms with E-state index in [4.69, 9.17) is 11.6 Å². The van der Waals surface area contributed by atoms with Gasteiger partial charge in [0.05, 0.1) is 0 Å². The Bertz CT molecular complexity index is 288. The Morgan fingerprint density at radius 3 is 1.86 bits per heavy atom. The van der Waals surface area contributed by atoms with Crippen molar-refractivity contribution < 1.29 is 22.2 Å². The quantitative estimate of drug-likeness (QED) is 0.393. The van der Waals surface area contributed by atoms with Crippen molar-refractivity contribution in [2.24, 2.45) is 0 Å². The Kier molecular flexibility index (Phi) is 7.13. The van der Waals surface area contributed by atoms with Gasteiger partial charge >= 0.3 is 17.1 Å². The summed E-state index contributed by atoms with van der Waals surface area (Å²) in [5, 5.41) is 9.88. The van der Waals surface area contributed by atoms with Gasteiger partial charge in [0.2, 0.25) is 0 Å². The van der Waals surface area contributed by atoms with E-state index < -0.39 is 5.22 Å². The smallest absolute Gasteiger partial charge is 0.864 e. The fourth-order valence-corrected chi connectivity index (χ4v) is 0.952. The molecular formula is C11H9ClFeO. The molecule has 1 aliphatic carbocycles. The van der Waals surface area contributed by atoms with Crippen LogP contribution in [0.15, 0.2) is 65.4 Å². The summed E-state index contributed by atoms with van der Waals surface area (Å²) < 4.78 is 0. The molecule has 0 unspecified atom stereocenters. The van der Waals surface area contributed by atoms with Crippen LogP contribution in [0.2, 0.25) is 0 Å². The molecule has 0 fully saturated rings. The predicted molar refractivity (Wildman–Crippen MR) is 53.2 cm³/mol. The van der Waals surface area contributed by atoms with Crippen molar-refractivity contribution in [1.82, 2.24) is 0 Å². The van der Waals surface area contributed by atoms with Crippen LogP contribution in [0.4, 0.5) is 0 Å². The minimum Gasteiger partial charge on any atom is -0.864 e. The van der Waals surface area contributed by atoms with Gasteiger partial charge in [0, 0.05) is 0 Å². The molecule has 0 spiro atoms. The second kappa shape index (κ2) is 7.57. The monoisotopic (exact) mass is 248 g/mol. The molecule has 0 bridgehead atoms. The van der Waals surface area contributed by atoms with Crippen LogP contribution in [0.25, 0.3) is 0 Å². The van der Waals surface area contributed by atoms with Crippen LogP contribution in [0.3, 0.4) is 0 Å². The van der Waals surface area contributed by atoms with Crippen molar-refractivity contribution in [1.29, 1.82) is 0 Å². The van der Waals surface area contributed by atoms with Crippen LogP contribution in [-0.2, 0) is 17.1 Å². The van der Waals surface area contributed by atoms with Gasteiger partial charge in [-0.2, -0.15) is 18.2 Å². The van der Waals surface area contributed by atoms with Crippen LogP contribution >= 0.6 is 11.6 Å². The first kappa shape index (κ1) is 13.2. The Morgan fingerprint density at radius 1 is 1.14 bits per heavy atom. The molecule has 2 rings (SSSR count). The van der Waals surface area contributed by atoms with Gasteiger partial charge in [-0.1, -0.05) is 24.3 Å². The molecule has 0 saturated carbocycles. The molecule has 0 amide bonds. The van der Waals surface area contributed by atoms with Crippen LogP contribution in [0, 0.1) is 0 Å². The van der Waals surface area contributed by atoms with Gasteiger partial charge in [-0.3, -0.25) is 0 Å². The minimum atomic E-state index is -0.394. The summed E-state index contributed by atoms with van der Waals surface area (Å²) in [6, 6.07) is 10.0. The zero-order valence-electron chi connectivity index (χ0n) is 7.34. The molecule has 0 aromatic heterocycles. The van der Waals surface area contributed by atoms with Gasteiger partial charge in [0.25, 0.3) is 0 Å². The van der Waals surface area contributed by atoms with Gasteiger partial charge in [0.1, 0.15) is 0 Å². The average molecular weight is 248 g/mol. The maximum atomic E-state index is 10.3. The molecule has 0 aliphatic heterocycles. The van der Waals surface area contributed by atoms with Gasteiger partial charge < -0.3 is 5.11 Å². The van der Waals surface area contributed by atoms with E-state index in [-0.39, 0.29) is 17.1 Å². The maximum Gasteiger partial charge on any atom is 2.00 e. The van der Waals surface area contributed by atoms with E-state index in [0.29, 0.717) is 5.57 Å². The van der Waals surface area contributed by atoms with Gasteiger partial charge in [-0.25, -0.2) is 12.1 Å². The molecule has 0 radical (unpaired) electrons. The summed E-state index contributed by atoms with van der Waals surface area (Å²) in [5.41, 5.74) is 0.562. The fraction of sp³-hybridized carbons (Fsp3) is 0. The topological polar surface area (TPSA) is 23.1 Å². The Hall–Kier alpha value is -0.821. The molecule has 1 aliphatic rings. The number of hydrogen-bond donors (Lipinski definition) is 0. The van der Waals surface area contributed by atoms with Crippen molar-refractivity contribution in [2.45, 2.75) is 0 Å². The van der Waals surface area contributed by atoms with E-state index in [0.717, 1.165) is 0 Å². The van der Waals surface area contributed by atoms with Crippen LogP contribution in [0.5, 0.6) is 0 Å². The van der Waals surface area contributed by atoms with Crippen molar-refractivity contribution in [3.8, 4) is 0 Å². The first-order valence-electron chi connectivity index (χ1n) is 3.89. The normalized spacial score (nSPS) is 11.6. The van der Waals surface area contributed by atoms with Gasteiger partial charge in [-0.15, -0.1) is 11.6 Å². The summed E-state index contributed by atoms with van der Waals surface area (Å²) in [5.74, 6) is 0. The first-order chi connectivity index (χ1) is 6.30. The van der Waals surface area contributed by atoms with Gasteiger partial charge in [0.15, 0.2) is 0 Å². The number of rotatable bonds is 0. The molecule has 1 nitrogen and oxygen atoms in total. The Balaban J connectivity index is 0.000000246. The van der Waals surface area contributed by atoms with E-state index in [2.05, 4.69) is 0 Å². The van der Waals surface area contributed by atoms with Crippen molar-refractivity contribution >= 4 is 11.6 Å². The molecule has 0 N–H and O–H groups in total. The van der Waals surface area contributed by atoms with Crippen LogP contribution in [0.1, 0.15) is 0 Å². The number of halogens is 1. The summed E-state index contributed by atoms with van der Waals surface area (Å²) >= 11 is 5.11. The standard InChI is InChI=1S/C6H5ClO.C5H5.Fe/c7-6(8)5-3-1-2-4-5;1-2-4-5-3-1;/h1-4,8H;1-5H;/q;-1;+2/p-1. The molecule has 1 aromatic rings. The average Bonchev–Trinajstić information content (AvgIpc) is 2.82. The summed E-state index contributed by atoms with van der Waals surface area (Å²) in [6.07, 6.45) is 6.90. The zero-order valence-corrected chi connectivity index (χ0v) is 9.20. The number of hydrogen-bond acceptors (Lipinski definition) is 1. The molecule has 0 atom stereocenters. The largest absolute Gasteiger partial charge is 2.00 e. The molecular weight excluding hydrogens is 239 g/mol. The molecule has 3 heteroatoms. The molecule has 1 aromatic carbocycles. The second-order valence-corrected chi connectivity index (χ2v) is 2.75. The Labute approximate surface area is 99.2 Å². The van der Waals surface area contributed by atoms with Crippen molar-refractivity contribution in [2.75, 3.05) is 0 Å². The number of allylic oxidation sites excluding steroid dienone is 5. The first-order valence-corrected chi connectivity index (χ1v) is 4.27. The van der Waals surface area contributed by atoms with E-state index in [9.17, 15) is 5.11 Å². The summed E-state index contributed by atoms with van der Waals surface area (Å²) in [7, 11) is 0. The molecule has 74 valence electrons. The molecule has 14 heavy (non-hydrogen) atoms. The minimum absolute atomic E-state index is 0.